The third kappa shape index (κ3) is 3.01. The molecule has 1 saturated carbocycles. The number of nitrogens with one attached hydrogen (secondary N) is 2. The molecule has 1 heterocycles. The molecule has 2 rings (SSSR count). The lowest BCUT2D eigenvalue weighted by Crippen LogP contribution is -2.34. The van der Waals surface area contributed by atoms with Crippen molar-refractivity contribution in [2.24, 2.45) is 0 Å². The summed E-state index contributed by atoms with van der Waals surface area (Å²) in [5, 5.41) is 11.9. The van der Waals surface area contributed by atoms with Crippen LogP contribution in [0.1, 0.15) is 44.9 Å². The molecule has 0 radical (unpaired) electrons. The van der Waals surface area contributed by atoms with Crippen LogP contribution < -0.4 is 5.32 Å². The molecule has 0 spiro atoms. The molecule has 0 aromatic carbocycles. The van der Waals surface area contributed by atoms with Crippen LogP contribution in [-0.4, -0.2) is 53.0 Å². The van der Waals surface area contributed by atoms with Gasteiger partial charge >= 0.3 is 5.97 Å². The topological polar surface area (TPSA) is 85.4 Å². The molecule has 1 amide bonds. The standard InChI is InChI=1S/C14H21N3O3/c1-8-11(9(2)16-12(8)14(19)20)13(18)15-6-7-17(3)10-4-5-10/h10,16H,4-7H2,1-3H3,(H,15,18)(H,19,20). The van der Waals surface area contributed by atoms with Gasteiger partial charge in [-0.2, -0.15) is 0 Å². The maximum absolute atomic E-state index is 12.1. The van der Waals surface area contributed by atoms with E-state index in [0.29, 0.717) is 29.4 Å². The summed E-state index contributed by atoms with van der Waals surface area (Å²) in [6.07, 6.45) is 2.48. The Morgan fingerprint density at radius 2 is 2.05 bits per heavy atom. The highest BCUT2D eigenvalue weighted by Gasteiger charge is 2.26. The van der Waals surface area contributed by atoms with Gasteiger partial charge in [0, 0.05) is 24.8 Å². The van der Waals surface area contributed by atoms with Crippen LogP contribution in [0, 0.1) is 13.8 Å². The summed E-state index contributed by atoms with van der Waals surface area (Å²) in [7, 11) is 2.05. The number of carboxylic acid groups (broad SMARTS) is 1. The van der Waals surface area contributed by atoms with E-state index in [-0.39, 0.29) is 11.6 Å². The fourth-order valence-electron chi connectivity index (χ4n) is 2.44. The van der Waals surface area contributed by atoms with Gasteiger partial charge in [-0.25, -0.2) is 4.79 Å². The van der Waals surface area contributed by atoms with Gasteiger partial charge in [0.15, 0.2) is 0 Å². The van der Waals surface area contributed by atoms with Gasteiger partial charge in [0.25, 0.3) is 5.91 Å². The normalized spacial score (nSPS) is 14.6. The molecule has 20 heavy (non-hydrogen) atoms. The number of likely N-dealkylation sites (N-methyl/N-ethyl adjacent to an activating group) is 1. The van der Waals surface area contributed by atoms with Gasteiger partial charge < -0.3 is 20.3 Å². The van der Waals surface area contributed by atoms with Crippen LogP contribution in [0.15, 0.2) is 0 Å². The minimum absolute atomic E-state index is 0.0859. The number of rotatable bonds is 6. The number of hydrogen-bond acceptors (Lipinski definition) is 3. The first-order valence-electron chi connectivity index (χ1n) is 6.82. The zero-order valence-electron chi connectivity index (χ0n) is 12.1. The fourth-order valence-corrected chi connectivity index (χ4v) is 2.44. The highest BCUT2D eigenvalue weighted by Crippen LogP contribution is 2.24. The molecule has 0 aliphatic heterocycles. The summed E-state index contributed by atoms with van der Waals surface area (Å²) in [6.45, 7) is 4.74. The van der Waals surface area contributed by atoms with Gasteiger partial charge in [0.2, 0.25) is 0 Å². The van der Waals surface area contributed by atoms with Crippen LogP contribution in [0.25, 0.3) is 0 Å². The van der Waals surface area contributed by atoms with Crippen molar-refractivity contribution in [2.45, 2.75) is 32.7 Å². The lowest BCUT2D eigenvalue weighted by molar-refractivity contribution is 0.0690. The number of aromatic amines is 1. The summed E-state index contributed by atoms with van der Waals surface area (Å²) in [4.78, 5) is 28.2. The SMILES string of the molecule is Cc1[nH]c(C(=O)O)c(C)c1C(=O)NCCN(C)C1CC1. The molecule has 1 aromatic rings. The summed E-state index contributed by atoms with van der Waals surface area (Å²) in [5.74, 6) is -1.26. The molecular formula is C14H21N3O3. The van der Waals surface area contributed by atoms with E-state index in [0.717, 1.165) is 6.54 Å². The number of aromatic carboxylic acids is 1. The number of aryl methyl sites for hydroxylation is 1. The molecule has 0 saturated heterocycles. The average Bonchev–Trinajstić information content (AvgIpc) is 3.15. The summed E-state index contributed by atoms with van der Waals surface area (Å²) in [5.41, 5.74) is 1.61. The van der Waals surface area contributed by atoms with Crippen molar-refractivity contribution in [3.63, 3.8) is 0 Å². The second-order valence-corrected chi connectivity index (χ2v) is 5.40. The smallest absolute Gasteiger partial charge is 0.352 e. The van der Waals surface area contributed by atoms with E-state index in [4.69, 9.17) is 5.11 Å². The van der Waals surface area contributed by atoms with Gasteiger partial charge in [0.05, 0.1) is 5.56 Å². The molecule has 1 aliphatic carbocycles. The molecule has 1 aliphatic rings. The number of aromatic nitrogens is 1. The molecule has 1 aromatic heterocycles. The highest BCUT2D eigenvalue weighted by molar-refractivity contribution is 6.00. The van der Waals surface area contributed by atoms with E-state index in [2.05, 4.69) is 22.2 Å². The Morgan fingerprint density at radius 1 is 1.40 bits per heavy atom. The third-order valence-corrected chi connectivity index (χ3v) is 3.80. The summed E-state index contributed by atoms with van der Waals surface area (Å²) in [6, 6.07) is 0.668. The van der Waals surface area contributed by atoms with Crippen molar-refractivity contribution in [3.05, 3.63) is 22.5 Å². The van der Waals surface area contributed by atoms with Crippen molar-refractivity contribution in [1.29, 1.82) is 0 Å². The number of amides is 1. The lowest BCUT2D eigenvalue weighted by Gasteiger charge is -2.15. The van der Waals surface area contributed by atoms with Crippen molar-refractivity contribution in [1.82, 2.24) is 15.2 Å². The number of carboxylic acids is 1. The molecule has 3 N–H and O–H groups in total. The largest absolute Gasteiger partial charge is 0.477 e. The Bertz CT molecular complexity index is 532. The van der Waals surface area contributed by atoms with Crippen molar-refractivity contribution >= 4 is 11.9 Å². The minimum atomic E-state index is -1.04. The molecule has 6 nitrogen and oxygen atoms in total. The zero-order chi connectivity index (χ0) is 14.9. The van der Waals surface area contributed by atoms with Crippen LogP contribution in [0.4, 0.5) is 0 Å². The first-order chi connectivity index (χ1) is 9.41. The fraction of sp³-hybridized carbons (Fsp3) is 0.571. The molecule has 0 unspecified atom stereocenters. The molecule has 6 heteroatoms. The Kier molecular flexibility index (Phi) is 4.13. The maximum Gasteiger partial charge on any atom is 0.352 e. The van der Waals surface area contributed by atoms with E-state index < -0.39 is 5.97 Å². The second kappa shape index (κ2) is 5.66. The first kappa shape index (κ1) is 14.6. The monoisotopic (exact) mass is 279 g/mol. The van der Waals surface area contributed by atoms with Crippen molar-refractivity contribution in [2.75, 3.05) is 20.1 Å². The Balaban J connectivity index is 1.96. The Morgan fingerprint density at radius 3 is 2.55 bits per heavy atom. The first-order valence-corrected chi connectivity index (χ1v) is 6.82. The maximum atomic E-state index is 12.1. The van der Waals surface area contributed by atoms with Crippen LogP contribution in [-0.2, 0) is 0 Å². The number of carbonyl (C=O) groups is 2. The van der Waals surface area contributed by atoms with Gasteiger partial charge in [-0.3, -0.25) is 4.79 Å². The van der Waals surface area contributed by atoms with Crippen LogP contribution in [0.2, 0.25) is 0 Å². The zero-order valence-corrected chi connectivity index (χ0v) is 12.1. The van der Waals surface area contributed by atoms with Crippen LogP contribution >= 0.6 is 0 Å². The van der Waals surface area contributed by atoms with Crippen molar-refractivity contribution in [3.8, 4) is 0 Å². The Hall–Kier alpha value is -1.82. The van der Waals surface area contributed by atoms with E-state index in [9.17, 15) is 9.59 Å². The quantitative estimate of drug-likeness (QED) is 0.729. The molecule has 110 valence electrons. The lowest BCUT2D eigenvalue weighted by atomic mass is 10.1. The molecular weight excluding hydrogens is 258 g/mol. The van der Waals surface area contributed by atoms with E-state index >= 15 is 0 Å². The van der Waals surface area contributed by atoms with E-state index in [1.807, 2.05) is 0 Å². The number of hydrogen-bond donors (Lipinski definition) is 3. The number of carbonyl (C=O) groups excluding carboxylic acids is 1. The molecule has 1 fully saturated rings. The van der Waals surface area contributed by atoms with Gasteiger partial charge in [-0.1, -0.05) is 0 Å². The second-order valence-electron chi connectivity index (χ2n) is 5.40. The third-order valence-electron chi connectivity index (χ3n) is 3.80. The van der Waals surface area contributed by atoms with E-state index in [1.165, 1.54) is 12.8 Å². The van der Waals surface area contributed by atoms with Crippen molar-refractivity contribution < 1.29 is 14.7 Å². The Labute approximate surface area is 118 Å². The van der Waals surface area contributed by atoms with Gasteiger partial charge in [-0.05, 0) is 39.3 Å². The summed E-state index contributed by atoms with van der Waals surface area (Å²) < 4.78 is 0. The van der Waals surface area contributed by atoms with E-state index in [1.54, 1.807) is 13.8 Å². The average molecular weight is 279 g/mol. The minimum Gasteiger partial charge on any atom is -0.477 e. The number of nitrogens with zero attached hydrogens (tertiary/aromatic N) is 1. The van der Waals surface area contributed by atoms with Gasteiger partial charge in [-0.15, -0.1) is 0 Å². The highest BCUT2D eigenvalue weighted by atomic mass is 16.4. The van der Waals surface area contributed by atoms with Gasteiger partial charge in [0.1, 0.15) is 5.69 Å². The predicted octanol–water partition coefficient (Wildman–Crippen LogP) is 1.15. The summed E-state index contributed by atoms with van der Waals surface area (Å²) >= 11 is 0. The number of H-pyrrole nitrogens is 1. The molecule has 0 bridgehead atoms. The van der Waals surface area contributed by atoms with Crippen LogP contribution in [0.5, 0.6) is 0 Å². The predicted molar refractivity (Wildman–Crippen MR) is 75.2 cm³/mol. The van der Waals surface area contributed by atoms with Crippen LogP contribution in [0.3, 0.4) is 0 Å². The molecule has 0 atom stereocenters.